The molecule has 5 heteroatoms. The maximum Gasteiger partial charge on any atom is 0.243 e. The van der Waals surface area contributed by atoms with E-state index in [0.29, 0.717) is 17.4 Å². The lowest BCUT2D eigenvalue weighted by molar-refractivity contribution is -0.122. The first-order valence-electron chi connectivity index (χ1n) is 7.02. The number of phenolic OH excluding ortho intramolecular Hbond substituents is 2. The zero-order valence-corrected chi connectivity index (χ0v) is 11.1. The predicted octanol–water partition coefficient (Wildman–Crippen LogP) is 1.98. The summed E-state index contributed by atoms with van der Waals surface area (Å²) in [7, 11) is 0. The van der Waals surface area contributed by atoms with Crippen LogP contribution in [0.4, 0.5) is 0 Å². The molecule has 2 saturated carbocycles. The number of benzene rings is 1. The molecule has 1 aromatic rings. The highest BCUT2D eigenvalue weighted by Gasteiger charge is 2.54. The standard InChI is InChI=1S/C15H18N2O3/c18-12-7-3-4-9(14(12)19)8-16-17-15(20)13-10-5-1-2-6-11(10)13/h3-4,7-8,10-11,13,18-19H,1-2,5-6H2,(H,17,20)/b16-8-/t10-,11+,13?. The van der Waals surface area contributed by atoms with Gasteiger partial charge in [0.25, 0.3) is 0 Å². The predicted molar refractivity (Wildman–Crippen MR) is 74.4 cm³/mol. The third-order valence-corrected chi connectivity index (χ3v) is 4.38. The number of rotatable bonds is 3. The first-order chi connectivity index (χ1) is 9.68. The van der Waals surface area contributed by atoms with Crippen molar-refractivity contribution >= 4 is 12.1 Å². The molecular formula is C15H18N2O3. The van der Waals surface area contributed by atoms with Gasteiger partial charge in [-0.3, -0.25) is 4.79 Å². The van der Waals surface area contributed by atoms with Crippen LogP contribution in [0.2, 0.25) is 0 Å². The third kappa shape index (κ3) is 2.35. The van der Waals surface area contributed by atoms with E-state index in [1.54, 1.807) is 12.1 Å². The Balaban J connectivity index is 1.58. The number of nitrogens with one attached hydrogen (secondary N) is 1. The summed E-state index contributed by atoms with van der Waals surface area (Å²) in [6.07, 6.45) is 6.11. The fourth-order valence-electron chi connectivity index (χ4n) is 3.27. The summed E-state index contributed by atoms with van der Waals surface area (Å²) in [5.74, 6) is 0.755. The molecular weight excluding hydrogens is 256 g/mol. The first-order valence-corrected chi connectivity index (χ1v) is 7.02. The Morgan fingerprint density at radius 1 is 1.25 bits per heavy atom. The largest absolute Gasteiger partial charge is 0.504 e. The molecule has 0 heterocycles. The Bertz CT molecular complexity index is 544. The summed E-state index contributed by atoms with van der Waals surface area (Å²) in [6.45, 7) is 0. The molecule has 1 unspecified atom stereocenters. The Labute approximate surface area is 117 Å². The molecule has 0 saturated heterocycles. The van der Waals surface area contributed by atoms with E-state index in [1.807, 2.05) is 0 Å². The van der Waals surface area contributed by atoms with Gasteiger partial charge in [0.1, 0.15) is 0 Å². The zero-order chi connectivity index (χ0) is 14.1. The van der Waals surface area contributed by atoms with Gasteiger partial charge in [-0.15, -0.1) is 0 Å². The van der Waals surface area contributed by atoms with Gasteiger partial charge < -0.3 is 10.2 Å². The van der Waals surface area contributed by atoms with Crippen LogP contribution in [0.1, 0.15) is 31.2 Å². The lowest BCUT2D eigenvalue weighted by Crippen LogP contribution is -2.20. The summed E-state index contributed by atoms with van der Waals surface area (Å²) in [5, 5.41) is 22.8. The number of phenols is 2. The van der Waals surface area contributed by atoms with Gasteiger partial charge in [-0.05, 0) is 36.8 Å². The van der Waals surface area contributed by atoms with Crippen molar-refractivity contribution in [1.29, 1.82) is 0 Å². The number of carbonyl (C=O) groups excluding carboxylic acids is 1. The lowest BCUT2D eigenvalue weighted by Gasteiger charge is -2.04. The highest BCUT2D eigenvalue weighted by Crippen LogP contribution is 2.55. The Kier molecular flexibility index (Phi) is 3.34. The number of amides is 1. The molecule has 0 spiro atoms. The van der Waals surface area contributed by atoms with Crippen LogP contribution in [0.5, 0.6) is 11.5 Å². The van der Waals surface area contributed by atoms with Gasteiger partial charge in [-0.25, -0.2) is 5.43 Å². The van der Waals surface area contributed by atoms with Gasteiger partial charge in [0, 0.05) is 11.5 Å². The van der Waals surface area contributed by atoms with Gasteiger partial charge in [-0.2, -0.15) is 5.10 Å². The maximum absolute atomic E-state index is 12.0. The number of carbonyl (C=O) groups is 1. The Morgan fingerprint density at radius 3 is 2.65 bits per heavy atom. The lowest BCUT2D eigenvalue weighted by atomic mass is 10.0. The number of fused-ring (bicyclic) bond motifs is 1. The van der Waals surface area contributed by atoms with Crippen LogP contribution >= 0.6 is 0 Å². The van der Waals surface area contributed by atoms with Crippen LogP contribution in [0, 0.1) is 17.8 Å². The van der Waals surface area contributed by atoms with E-state index in [9.17, 15) is 15.0 Å². The van der Waals surface area contributed by atoms with Crippen molar-refractivity contribution in [2.45, 2.75) is 25.7 Å². The number of nitrogens with zero attached hydrogens (tertiary/aromatic N) is 1. The SMILES string of the molecule is O=C(N/N=C\c1cccc(O)c1O)C1[C@H]2CCCC[C@@H]12. The van der Waals surface area contributed by atoms with Gasteiger partial charge in [0.05, 0.1) is 6.21 Å². The molecule has 3 rings (SSSR count). The molecule has 2 fully saturated rings. The molecule has 5 nitrogen and oxygen atoms in total. The number of hydrogen-bond acceptors (Lipinski definition) is 4. The van der Waals surface area contributed by atoms with Crippen molar-refractivity contribution < 1.29 is 15.0 Å². The number of hydrogen-bond donors (Lipinski definition) is 3. The highest BCUT2D eigenvalue weighted by molar-refractivity contribution is 5.87. The van der Waals surface area contributed by atoms with E-state index < -0.39 is 0 Å². The summed E-state index contributed by atoms with van der Waals surface area (Å²) < 4.78 is 0. The second-order valence-corrected chi connectivity index (χ2v) is 5.59. The second kappa shape index (κ2) is 5.15. The minimum atomic E-state index is -0.231. The summed E-state index contributed by atoms with van der Waals surface area (Å²) in [5.41, 5.74) is 2.91. The van der Waals surface area contributed by atoms with Crippen LogP contribution in [0.25, 0.3) is 0 Å². The number of para-hydroxylation sites is 1. The Morgan fingerprint density at radius 2 is 1.95 bits per heavy atom. The maximum atomic E-state index is 12.0. The average molecular weight is 274 g/mol. The minimum Gasteiger partial charge on any atom is -0.504 e. The Hall–Kier alpha value is -2.04. The molecule has 0 aromatic heterocycles. The van der Waals surface area contributed by atoms with Crippen molar-refractivity contribution in [3.63, 3.8) is 0 Å². The number of hydrazone groups is 1. The summed E-state index contributed by atoms with van der Waals surface area (Å²) in [6, 6.07) is 4.61. The fraction of sp³-hybridized carbons (Fsp3) is 0.467. The van der Waals surface area contributed by atoms with Crippen LogP contribution < -0.4 is 5.43 Å². The average Bonchev–Trinajstić information content (AvgIpc) is 3.18. The molecule has 2 aliphatic carbocycles. The smallest absolute Gasteiger partial charge is 0.243 e. The molecule has 0 aliphatic heterocycles. The molecule has 1 aromatic carbocycles. The molecule has 2 aliphatic rings. The number of aromatic hydroxyl groups is 2. The van der Waals surface area contributed by atoms with Gasteiger partial charge in [-0.1, -0.05) is 18.9 Å². The van der Waals surface area contributed by atoms with Crippen molar-refractivity contribution in [1.82, 2.24) is 5.43 Å². The van der Waals surface area contributed by atoms with Gasteiger partial charge >= 0.3 is 0 Å². The summed E-state index contributed by atoms with van der Waals surface area (Å²) in [4.78, 5) is 12.0. The molecule has 1 amide bonds. The van der Waals surface area contributed by atoms with Crippen molar-refractivity contribution in [2.24, 2.45) is 22.9 Å². The molecule has 0 bridgehead atoms. The third-order valence-electron chi connectivity index (χ3n) is 4.38. The van der Waals surface area contributed by atoms with Crippen molar-refractivity contribution in [3.8, 4) is 11.5 Å². The van der Waals surface area contributed by atoms with Gasteiger partial charge in [0.15, 0.2) is 11.5 Å². The second-order valence-electron chi connectivity index (χ2n) is 5.59. The normalized spacial score (nSPS) is 28.1. The van der Waals surface area contributed by atoms with Crippen LogP contribution in [0.3, 0.4) is 0 Å². The molecule has 106 valence electrons. The van der Waals surface area contributed by atoms with Gasteiger partial charge in [0.2, 0.25) is 5.91 Å². The molecule has 3 N–H and O–H groups in total. The van der Waals surface area contributed by atoms with E-state index in [0.717, 1.165) is 12.8 Å². The van der Waals surface area contributed by atoms with E-state index in [4.69, 9.17) is 0 Å². The highest BCUT2D eigenvalue weighted by atomic mass is 16.3. The first kappa shape index (κ1) is 13.0. The molecule has 0 radical (unpaired) electrons. The van der Waals surface area contributed by atoms with Crippen LogP contribution in [-0.4, -0.2) is 22.3 Å². The minimum absolute atomic E-state index is 0.0298. The van der Waals surface area contributed by atoms with Crippen molar-refractivity contribution in [2.75, 3.05) is 0 Å². The monoisotopic (exact) mass is 274 g/mol. The van der Waals surface area contributed by atoms with E-state index in [1.165, 1.54) is 25.1 Å². The van der Waals surface area contributed by atoms with Crippen LogP contribution in [0.15, 0.2) is 23.3 Å². The summed E-state index contributed by atoms with van der Waals surface area (Å²) >= 11 is 0. The van der Waals surface area contributed by atoms with Crippen molar-refractivity contribution in [3.05, 3.63) is 23.8 Å². The van der Waals surface area contributed by atoms with E-state index >= 15 is 0 Å². The zero-order valence-electron chi connectivity index (χ0n) is 11.1. The van der Waals surface area contributed by atoms with E-state index in [2.05, 4.69) is 10.5 Å². The van der Waals surface area contributed by atoms with E-state index in [-0.39, 0.29) is 23.3 Å². The van der Waals surface area contributed by atoms with Crippen LogP contribution in [-0.2, 0) is 4.79 Å². The molecule has 3 atom stereocenters. The quantitative estimate of drug-likeness (QED) is 0.448. The molecule has 20 heavy (non-hydrogen) atoms. The topological polar surface area (TPSA) is 81.9 Å². The fourth-order valence-corrected chi connectivity index (χ4v) is 3.27.